The molecule has 2 aromatic carbocycles. The maximum absolute atomic E-state index is 12.0. The molecule has 0 heterocycles. The normalized spacial score (nSPS) is 10.3. The summed E-state index contributed by atoms with van der Waals surface area (Å²) >= 11 is 12.6. The van der Waals surface area contributed by atoms with E-state index in [2.05, 4.69) is 37.2 Å². The van der Waals surface area contributed by atoms with Crippen LogP contribution in [0.1, 0.15) is 15.9 Å². The summed E-state index contributed by atoms with van der Waals surface area (Å²) in [5.41, 5.74) is 1.57. The molecule has 0 saturated heterocycles. The van der Waals surface area contributed by atoms with Gasteiger partial charge in [0.25, 0.3) is 5.91 Å². The highest BCUT2D eigenvalue weighted by Crippen LogP contribution is 2.20. The van der Waals surface area contributed by atoms with E-state index in [-0.39, 0.29) is 5.91 Å². The first-order chi connectivity index (χ1) is 9.04. The standard InChI is InChI=1S/C14H10Br2ClNO/c15-11-5-10(6-12(16)7-11)14(19)18-8-9-2-1-3-13(17)4-9/h1-7H,8H2,(H,18,19). The Morgan fingerprint density at radius 2 is 1.79 bits per heavy atom. The number of nitrogens with one attached hydrogen (secondary N) is 1. The fourth-order valence-corrected chi connectivity index (χ4v) is 3.12. The first kappa shape index (κ1) is 14.6. The molecule has 98 valence electrons. The summed E-state index contributed by atoms with van der Waals surface area (Å²) in [7, 11) is 0. The first-order valence-electron chi connectivity index (χ1n) is 5.53. The third kappa shape index (κ3) is 4.34. The average Bonchev–Trinajstić information content (AvgIpc) is 2.35. The summed E-state index contributed by atoms with van der Waals surface area (Å²) in [5, 5.41) is 3.52. The lowest BCUT2D eigenvalue weighted by molar-refractivity contribution is 0.0951. The third-order valence-electron chi connectivity index (χ3n) is 2.47. The molecular weight excluding hydrogens is 393 g/mol. The summed E-state index contributed by atoms with van der Waals surface area (Å²) in [6.45, 7) is 0.448. The average molecular weight is 404 g/mol. The second-order valence-electron chi connectivity index (χ2n) is 3.97. The molecule has 0 bridgehead atoms. The van der Waals surface area contributed by atoms with Crippen molar-refractivity contribution in [3.05, 3.63) is 67.6 Å². The lowest BCUT2D eigenvalue weighted by Crippen LogP contribution is -2.22. The molecule has 0 fully saturated rings. The molecule has 0 saturated carbocycles. The van der Waals surface area contributed by atoms with Crippen molar-refractivity contribution in [3.8, 4) is 0 Å². The summed E-state index contributed by atoms with van der Waals surface area (Å²) < 4.78 is 1.71. The van der Waals surface area contributed by atoms with Gasteiger partial charge in [-0.05, 0) is 35.9 Å². The number of halogens is 3. The van der Waals surface area contributed by atoms with Crippen LogP contribution in [0.2, 0.25) is 5.02 Å². The highest BCUT2D eigenvalue weighted by molar-refractivity contribution is 9.11. The molecule has 2 rings (SSSR count). The van der Waals surface area contributed by atoms with Gasteiger partial charge in [0.2, 0.25) is 0 Å². The highest BCUT2D eigenvalue weighted by Gasteiger charge is 2.07. The first-order valence-corrected chi connectivity index (χ1v) is 7.50. The Balaban J connectivity index is 2.05. The Labute approximate surface area is 133 Å². The van der Waals surface area contributed by atoms with Crippen LogP contribution in [-0.2, 0) is 6.54 Å². The second kappa shape index (κ2) is 6.55. The number of rotatable bonds is 3. The molecule has 2 nitrogen and oxygen atoms in total. The zero-order valence-electron chi connectivity index (χ0n) is 9.79. The Bertz CT molecular complexity index is 596. The van der Waals surface area contributed by atoms with Crippen LogP contribution in [0.15, 0.2) is 51.4 Å². The van der Waals surface area contributed by atoms with E-state index >= 15 is 0 Å². The topological polar surface area (TPSA) is 29.1 Å². The molecule has 0 unspecified atom stereocenters. The minimum Gasteiger partial charge on any atom is -0.348 e. The van der Waals surface area contributed by atoms with Gasteiger partial charge < -0.3 is 5.32 Å². The third-order valence-corrected chi connectivity index (χ3v) is 3.62. The molecular formula is C14H10Br2ClNO. The van der Waals surface area contributed by atoms with Crippen molar-refractivity contribution < 1.29 is 4.79 Å². The van der Waals surface area contributed by atoms with Crippen LogP contribution in [0.4, 0.5) is 0 Å². The van der Waals surface area contributed by atoms with E-state index in [1.165, 1.54) is 0 Å². The van der Waals surface area contributed by atoms with Crippen molar-refractivity contribution in [1.82, 2.24) is 5.32 Å². The number of hydrogen-bond donors (Lipinski definition) is 1. The molecule has 0 radical (unpaired) electrons. The Kier molecular flexibility index (Phi) is 5.02. The molecule has 0 atom stereocenters. The van der Waals surface area contributed by atoms with E-state index in [4.69, 9.17) is 11.6 Å². The fraction of sp³-hybridized carbons (Fsp3) is 0.0714. The number of hydrogen-bond acceptors (Lipinski definition) is 1. The summed E-state index contributed by atoms with van der Waals surface area (Å²) in [6.07, 6.45) is 0. The lowest BCUT2D eigenvalue weighted by Gasteiger charge is -2.07. The Morgan fingerprint density at radius 1 is 1.11 bits per heavy atom. The zero-order valence-corrected chi connectivity index (χ0v) is 13.7. The van der Waals surface area contributed by atoms with Gasteiger partial charge in [-0.3, -0.25) is 4.79 Å². The number of benzene rings is 2. The quantitative estimate of drug-likeness (QED) is 0.784. The van der Waals surface area contributed by atoms with E-state index in [1.54, 1.807) is 18.2 Å². The van der Waals surface area contributed by atoms with Crippen molar-refractivity contribution in [2.45, 2.75) is 6.54 Å². The van der Waals surface area contributed by atoms with Crippen molar-refractivity contribution in [2.24, 2.45) is 0 Å². The fourth-order valence-electron chi connectivity index (χ4n) is 1.62. The van der Waals surface area contributed by atoms with E-state index in [0.717, 1.165) is 14.5 Å². The lowest BCUT2D eigenvalue weighted by atomic mass is 10.2. The van der Waals surface area contributed by atoms with Crippen LogP contribution < -0.4 is 5.32 Å². The van der Waals surface area contributed by atoms with Gasteiger partial charge in [0.15, 0.2) is 0 Å². The number of carbonyl (C=O) groups is 1. The summed E-state index contributed by atoms with van der Waals surface area (Å²) in [6, 6.07) is 12.9. The van der Waals surface area contributed by atoms with Crippen LogP contribution >= 0.6 is 43.5 Å². The van der Waals surface area contributed by atoms with Crippen molar-refractivity contribution >= 4 is 49.4 Å². The summed E-state index contributed by atoms with van der Waals surface area (Å²) in [4.78, 5) is 12.0. The van der Waals surface area contributed by atoms with Crippen LogP contribution in [0.3, 0.4) is 0 Å². The van der Waals surface area contributed by atoms with Crippen LogP contribution in [0.5, 0.6) is 0 Å². The molecule has 5 heteroatoms. The molecule has 1 N–H and O–H groups in total. The van der Waals surface area contributed by atoms with Gasteiger partial charge in [-0.25, -0.2) is 0 Å². The monoisotopic (exact) mass is 401 g/mol. The van der Waals surface area contributed by atoms with E-state index in [9.17, 15) is 4.79 Å². The van der Waals surface area contributed by atoms with E-state index in [1.807, 2.05) is 24.3 Å². The van der Waals surface area contributed by atoms with Gasteiger partial charge in [0.05, 0.1) is 0 Å². The molecule has 0 spiro atoms. The van der Waals surface area contributed by atoms with Crippen molar-refractivity contribution in [3.63, 3.8) is 0 Å². The van der Waals surface area contributed by atoms with Crippen LogP contribution in [0.25, 0.3) is 0 Å². The smallest absolute Gasteiger partial charge is 0.251 e. The van der Waals surface area contributed by atoms with Gasteiger partial charge in [-0.2, -0.15) is 0 Å². The van der Waals surface area contributed by atoms with Crippen LogP contribution in [-0.4, -0.2) is 5.91 Å². The molecule has 2 aromatic rings. The largest absolute Gasteiger partial charge is 0.348 e. The van der Waals surface area contributed by atoms with E-state index in [0.29, 0.717) is 17.1 Å². The number of amides is 1. The molecule has 1 amide bonds. The van der Waals surface area contributed by atoms with Gasteiger partial charge >= 0.3 is 0 Å². The Hall–Kier alpha value is -0.840. The predicted molar refractivity (Wildman–Crippen MR) is 84.5 cm³/mol. The minimum atomic E-state index is -0.123. The summed E-state index contributed by atoms with van der Waals surface area (Å²) in [5.74, 6) is -0.123. The highest BCUT2D eigenvalue weighted by atomic mass is 79.9. The number of carbonyl (C=O) groups excluding carboxylic acids is 1. The molecule has 19 heavy (non-hydrogen) atoms. The Morgan fingerprint density at radius 3 is 2.42 bits per heavy atom. The van der Waals surface area contributed by atoms with Gasteiger partial charge in [0, 0.05) is 26.1 Å². The maximum atomic E-state index is 12.0. The minimum absolute atomic E-state index is 0.123. The zero-order chi connectivity index (χ0) is 13.8. The van der Waals surface area contributed by atoms with Gasteiger partial charge in [-0.1, -0.05) is 55.6 Å². The predicted octanol–water partition coefficient (Wildman–Crippen LogP) is 4.80. The van der Waals surface area contributed by atoms with Crippen LogP contribution in [0, 0.1) is 0 Å². The van der Waals surface area contributed by atoms with Crippen molar-refractivity contribution in [2.75, 3.05) is 0 Å². The van der Waals surface area contributed by atoms with Gasteiger partial charge in [0.1, 0.15) is 0 Å². The van der Waals surface area contributed by atoms with E-state index < -0.39 is 0 Å². The SMILES string of the molecule is O=C(NCc1cccc(Cl)c1)c1cc(Br)cc(Br)c1. The second-order valence-corrected chi connectivity index (χ2v) is 6.24. The molecule has 0 aliphatic carbocycles. The van der Waals surface area contributed by atoms with Crippen molar-refractivity contribution in [1.29, 1.82) is 0 Å². The molecule has 0 aliphatic rings. The van der Waals surface area contributed by atoms with Gasteiger partial charge in [-0.15, -0.1) is 0 Å². The molecule has 0 aromatic heterocycles. The maximum Gasteiger partial charge on any atom is 0.251 e. The molecule has 0 aliphatic heterocycles.